The second kappa shape index (κ2) is 11.5. The summed E-state index contributed by atoms with van der Waals surface area (Å²) in [6.07, 6.45) is 0. The van der Waals surface area contributed by atoms with E-state index < -0.39 is 9.84 Å². The van der Waals surface area contributed by atoms with Crippen molar-refractivity contribution in [3.05, 3.63) is 127 Å². The van der Waals surface area contributed by atoms with Gasteiger partial charge in [-0.25, -0.2) is 8.42 Å². The monoisotopic (exact) mass is 540 g/mol. The molecule has 0 bridgehead atoms. The van der Waals surface area contributed by atoms with E-state index in [-0.39, 0.29) is 28.1 Å². The van der Waals surface area contributed by atoms with Crippen molar-refractivity contribution in [2.45, 2.75) is 15.8 Å². The predicted molar refractivity (Wildman–Crippen MR) is 149 cm³/mol. The Balaban J connectivity index is 1.45. The normalized spacial score (nSPS) is 11.3. The number of hydrogen-bond donors (Lipinski definition) is 0. The molecule has 190 valence electrons. The zero-order chi connectivity index (χ0) is 26.4. The van der Waals surface area contributed by atoms with E-state index in [0.717, 1.165) is 11.4 Å². The molecule has 1 heterocycles. The lowest BCUT2D eigenvalue weighted by molar-refractivity contribution is -0.115. The molecule has 1 aromatic heterocycles. The van der Waals surface area contributed by atoms with Gasteiger partial charge in [0.05, 0.1) is 10.6 Å². The third kappa shape index (κ3) is 5.69. The molecule has 0 N–H and O–H groups in total. The molecule has 7 nitrogen and oxygen atoms in total. The molecule has 0 unspecified atom stereocenters. The first-order chi connectivity index (χ1) is 18.5. The number of rotatable bonds is 9. The Morgan fingerprint density at radius 2 is 1.21 bits per heavy atom. The third-order valence-corrected chi connectivity index (χ3v) is 8.28. The molecule has 0 aliphatic heterocycles. The number of carbonyl (C=O) groups is 1. The van der Waals surface area contributed by atoms with Crippen LogP contribution < -0.4 is 4.90 Å². The summed E-state index contributed by atoms with van der Waals surface area (Å²) in [7, 11) is -3.66. The first kappa shape index (κ1) is 25.4. The highest BCUT2D eigenvalue weighted by molar-refractivity contribution is 7.99. The van der Waals surface area contributed by atoms with E-state index >= 15 is 0 Å². The molecule has 0 radical (unpaired) electrons. The molecular weight excluding hydrogens is 516 g/mol. The van der Waals surface area contributed by atoms with Crippen molar-refractivity contribution in [2.75, 3.05) is 10.7 Å². The van der Waals surface area contributed by atoms with Gasteiger partial charge in [0.25, 0.3) is 0 Å². The largest absolute Gasteiger partial charge is 0.280 e. The molecule has 1 amide bonds. The van der Waals surface area contributed by atoms with Crippen molar-refractivity contribution in [3.8, 4) is 5.69 Å². The number of carbonyl (C=O) groups excluding carboxylic acids is 1. The summed E-state index contributed by atoms with van der Waals surface area (Å²) in [5.41, 5.74) is 2.22. The third-order valence-electron chi connectivity index (χ3n) is 5.74. The summed E-state index contributed by atoms with van der Waals surface area (Å²) in [4.78, 5) is 15.4. The van der Waals surface area contributed by atoms with Crippen LogP contribution in [0.2, 0.25) is 0 Å². The van der Waals surface area contributed by atoms with Gasteiger partial charge in [0.2, 0.25) is 5.91 Å². The van der Waals surface area contributed by atoms with Crippen LogP contribution in [0.3, 0.4) is 0 Å². The molecule has 0 aliphatic carbocycles. The van der Waals surface area contributed by atoms with Crippen LogP contribution in [0.5, 0.6) is 0 Å². The Kier molecular flexibility index (Phi) is 7.67. The van der Waals surface area contributed by atoms with Crippen molar-refractivity contribution in [3.63, 3.8) is 0 Å². The fraction of sp³-hybridized carbons (Fsp3) is 0.0690. The van der Waals surface area contributed by atoms with Crippen LogP contribution in [0, 0.1) is 0 Å². The van der Waals surface area contributed by atoms with E-state index in [2.05, 4.69) is 10.2 Å². The van der Waals surface area contributed by atoms with Gasteiger partial charge in [-0.05, 0) is 48.5 Å². The maximum absolute atomic E-state index is 13.5. The molecule has 9 heteroatoms. The highest BCUT2D eigenvalue weighted by Gasteiger charge is 2.24. The van der Waals surface area contributed by atoms with Crippen molar-refractivity contribution in [2.24, 2.45) is 0 Å². The van der Waals surface area contributed by atoms with Crippen LogP contribution in [0.25, 0.3) is 5.69 Å². The minimum atomic E-state index is -3.66. The molecule has 4 aromatic carbocycles. The molecule has 5 rings (SSSR count). The summed E-state index contributed by atoms with van der Waals surface area (Å²) >= 11 is 1.21. The van der Waals surface area contributed by atoms with E-state index in [1.807, 2.05) is 91.0 Å². The van der Waals surface area contributed by atoms with Crippen LogP contribution >= 0.6 is 11.8 Å². The first-order valence-corrected chi connectivity index (χ1v) is 14.5. The Labute approximate surface area is 225 Å². The van der Waals surface area contributed by atoms with E-state index in [1.54, 1.807) is 39.8 Å². The number of sulfone groups is 1. The number of amides is 1. The van der Waals surface area contributed by atoms with Crippen molar-refractivity contribution < 1.29 is 13.2 Å². The maximum Gasteiger partial charge on any atom is 0.242 e. The van der Waals surface area contributed by atoms with Gasteiger partial charge in [-0.2, -0.15) is 0 Å². The molecule has 5 aromatic rings. The first-order valence-electron chi connectivity index (χ1n) is 11.9. The highest BCUT2D eigenvalue weighted by atomic mass is 32.2. The summed E-state index contributed by atoms with van der Waals surface area (Å²) in [5, 5.41) is 8.95. The van der Waals surface area contributed by atoms with Gasteiger partial charge in [0.15, 0.2) is 20.8 Å². The van der Waals surface area contributed by atoms with Gasteiger partial charge in [-0.3, -0.25) is 14.3 Å². The smallest absolute Gasteiger partial charge is 0.242 e. The van der Waals surface area contributed by atoms with E-state index in [9.17, 15) is 13.2 Å². The number of anilines is 2. The zero-order valence-electron chi connectivity index (χ0n) is 20.3. The standard InChI is InChI=1S/C29H24N4O3S2/c34-28(32(23-13-5-1-6-14-23)24-15-7-2-8-16-24)21-37-29-31-30-27(33(29)25-17-9-3-10-18-25)22-38(35,36)26-19-11-4-12-20-26/h1-20H,21-22H2. The second-order valence-corrected chi connectivity index (χ2v) is 11.3. The summed E-state index contributed by atoms with van der Waals surface area (Å²) < 4.78 is 27.9. The maximum atomic E-state index is 13.5. The average Bonchev–Trinajstić information content (AvgIpc) is 3.35. The van der Waals surface area contributed by atoms with Crippen LogP contribution in [0.1, 0.15) is 5.82 Å². The Hall–Kier alpha value is -4.21. The fourth-order valence-corrected chi connectivity index (χ4v) is 6.07. The summed E-state index contributed by atoms with van der Waals surface area (Å²) in [6.45, 7) is 0. The molecule has 0 aliphatic rings. The molecule has 0 atom stereocenters. The minimum absolute atomic E-state index is 0.0696. The van der Waals surface area contributed by atoms with Gasteiger partial charge >= 0.3 is 0 Å². The number of aromatic nitrogens is 3. The topological polar surface area (TPSA) is 85.2 Å². The van der Waals surface area contributed by atoms with Gasteiger partial charge in [-0.1, -0.05) is 84.6 Å². The minimum Gasteiger partial charge on any atom is -0.280 e. The highest BCUT2D eigenvalue weighted by Crippen LogP contribution is 2.29. The van der Waals surface area contributed by atoms with Crippen molar-refractivity contribution >= 4 is 38.9 Å². The lowest BCUT2D eigenvalue weighted by Crippen LogP contribution is -2.27. The molecule has 0 saturated heterocycles. The number of nitrogens with zero attached hydrogens (tertiary/aromatic N) is 4. The van der Waals surface area contributed by atoms with Gasteiger partial charge in [-0.15, -0.1) is 10.2 Å². The van der Waals surface area contributed by atoms with Crippen LogP contribution in [0.4, 0.5) is 11.4 Å². The second-order valence-electron chi connectivity index (χ2n) is 8.33. The number of thioether (sulfide) groups is 1. The summed E-state index contributed by atoms with van der Waals surface area (Å²) in [5.74, 6) is -0.125. The quantitative estimate of drug-likeness (QED) is 0.223. The number of benzene rings is 4. The average molecular weight is 541 g/mol. The number of hydrogen-bond acceptors (Lipinski definition) is 6. The van der Waals surface area contributed by atoms with Crippen LogP contribution in [0.15, 0.2) is 131 Å². The van der Waals surface area contributed by atoms with Crippen LogP contribution in [-0.4, -0.2) is 34.8 Å². The molecule has 0 spiro atoms. The molecular formula is C29H24N4O3S2. The van der Waals surface area contributed by atoms with Gasteiger partial charge in [0, 0.05) is 17.1 Å². The SMILES string of the molecule is O=C(CSc1nnc(CS(=O)(=O)c2ccccc2)n1-c1ccccc1)N(c1ccccc1)c1ccccc1. The van der Waals surface area contributed by atoms with Crippen molar-refractivity contribution in [1.29, 1.82) is 0 Å². The lowest BCUT2D eigenvalue weighted by atomic mass is 10.2. The predicted octanol–water partition coefficient (Wildman–Crippen LogP) is 5.70. The fourth-order valence-electron chi connectivity index (χ4n) is 3.99. The zero-order valence-corrected chi connectivity index (χ0v) is 21.9. The molecule has 0 saturated carbocycles. The molecule has 38 heavy (non-hydrogen) atoms. The molecule has 0 fully saturated rings. The van der Waals surface area contributed by atoms with E-state index in [4.69, 9.17) is 0 Å². The van der Waals surface area contributed by atoms with Crippen molar-refractivity contribution in [1.82, 2.24) is 14.8 Å². The van der Waals surface area contributed by atoms with Crippen LogP contribution in [-0.2, 0) is 20.4 Å². The van der Waals surface area contributed by atoms with E-state index in [0.29, 0.717) is 10.8 Å². The Bertz CT molecular complexity index is 1570. The Morgan fingerprint density at radius 3 is 1.76 bits per heavy atom. The lowest BCUT2D eigenvalue weighted by Gasteiger charge is -2.23. The van der Waals surface area contributed by atoms with Gasteiger partial charge < -0.3 is 0 Å². The number of para-hydroxylation sites is 3. The summed E-state index contributed by atoms with van der Waals surface area (Å²) in [6, 6.07) is 36.5. The van der Waals surface area contributed by atoms with Gasteiger partial charge in [0.1, 0.15) is 5.75 Å². The Morgan fingerprint density at radius 1 is 0.711 bits per heavy atom. The van der Waals surface area contributed by atoms with E-state index in [1.165, 1.54) is 11.8 Å².